The largest absolute Gasteiger partial charge is 0.352 e. The fourth-order valence-corrected chi connectivity index (χ4v) is 2.44. The smallest absolute Gasteiger partial charge is 0.316 e. The van der Waals surface area contributed by atoms with Crippen molar-refractivity contribution in [2.75, 3.05) is 11.9 Å². The van der Waals surface area contributed by atoms with E-state index in [0.717, 1.165) is 6.42 Å². The van der Waals surface area contributed by atoms with Crippen LogP contribution in [0.5, 0.6) is 0 Å². The highest BCUT2D eigenvalue weighted by Crippen LogP contribution is 2.22. The van der Waals surface area contributed by atoms with Crippen LogP contribution in [0, 0.1) is 0 Å². The molecule has 0 aliphatic heterocycles. The van der Waals surface area contributed by atoms with Crippen molar-refractivity contribution in [2.24, 2.45) is 5.73 Å². The van der Waals surface area contributed by atoms with E-state index >= 15 is 0 Å². The number of benzene rings is 2. The molecule has 5 heteroatoms. The highest BCUT2D eigenvalue weighted by molar-refractivity contribution is 5.95. The number of amides is 3. The van der Waals surface area contributed by atoms with Crippen LogP contribution in [0.2, 0.25) is 0 Å². The first-order valence-electron chi connectivity index (χ1n) is 8.30. The van der Waals surface area contributed by atoms with Crippen molar-refractivity contribution in [1.82, 2.24) is 5.32 Å². The Morgan fingerprint density at radius 2 is 1.56 bits per heavy atom. The number of primary amides is 1. The molecule has 0 fully saturated rings. The number of rotatable bonds is 5. The van der Waals surface area contributed by atoms with Crippen molar-refractivity contribution >= 4 is 17.6 Å². The molecule has 0 heterocycles. The quantitative estimate of drug-likeness (QED) is 0.779. The molecule has 132 valence electrons. The molecule has 25 heavy (non-hydrogen) atoms. The third-order valence-corrected chi connectivity index (χ3v) is 3.93. The standard InChI is InChI=1S/C20H25N3O2/c1-20(2,3)16-8-4-14(5-9-16)12-13-22-18(24)15-6-10-17(11-7-15)23-19(21)25/h4-11H,12-13H2,1-3H3,(H,22,24)(H3,21,23,25). The first kappa shape index (κ1) is 18.5. The third kappa shape index (κ3) is 5.64. The van der Waals surface area contributed by atoms with Gasteiger partial charge in [-0.15, -0.1) is 0 Å². The summed E-state index contributed by atoms with van der Waals surface area (Å²) in [6, 6.07) is 14.5. The topological polar surface area (TPSA) is 84.2 Å². The second-order valence-corrected chi connectivity index (χ2v) is 7.02. The van der Waals surface area contributed by atoms with Crippen LogP contribution >= 0.6 is 0 Å². The van der Waals surface area contributed by atoms with E-state index in [0.29, 0.717) is 17.8 Å². The molecule has 0 saturated carbocycles. The molecule has 3 amide bonds. The van der Waals surface area contributed by atoms with Gasteiger partial charge < -0.3 is 16.4 Å². The summed E-state index contributed by atoms with van der Waals surface area (Å²) in [6.45, 7) is 7.13. The Balaban J connectivity index is 1.85. The number of urea groups is 1. The summed E-state index contributed by atoms with van der Waals surface area (Å²) < 4.78 is 0. The van der Waals surface area contributed by atoms with Crippen LogP contribution in [-0.4, -0.2) is 18.5 Å². The molecule has 0 bridgehead atoms. The van der Waals surface area contributed by atoms with Gasteiger partial charge in [-0.1, -0.05) is 45.0 Å². The molecular weight excluding hydrogens is 314 g/mol. The first-order valence-corrected chi connectivity index (χ1v) is 8.30. The van der Waals surface area contributed by atoms with Gasteiger partial charge in [0.1, 0.15) is 0 Å². The molecule has 0 saturated heterocycles. The molecule has 4 N–H and O–H groups in total. The molecule has 0 unspecified atom stereocenters. The Kier molecular flexibility index (Phi) is 5.80. The maximum absolute atomic E-state index is 12.1. The summed E-state index contributed by atoms with van der Waals surface area (Å²) in [6.07, 6.45) is 0.775. The SMILES string of the molecule is CC(C)(C)c1ccc(CCNC(=O)c2ccc(NC(N)=O)cc2)cc1. The van der Waals surface area contributed by atoms with E-state index in [9.17, 15) is 9.59 Å². The van der Waals surface area contributed by atoms with Gasteiger partial charge in [-0.3, -0.25) is 4.79 Å². The number of carbonyl (C=O) groups excluding carboxylic acids is 2. The van der Waals surface area contributed by atoms with Gasteiger partial charge in [0.25, 0.3) is 5.91 Å². The van der Waals surface area contributed by atoms with E-state index in [4.69, 9.17) is 5.73 Å². The normalized spacial score (nSPS) is 11.0. The van der Waals surface area contributed by atoms with Crippen LogP contribution in [0.25, 0.3) is 0 Å². The Morgan fingerprint density at radius 3 is 2.08 bits per heavy atom. The average molecular weight is 339 g/mol. The van der Waals surface area contributed by atoms with Crippen LogP contribution in [0.3, 0.4) is 0 Å². The van der Waals surface area contributed by atoms with Crippen molar-refractivity contribution in [3.63, 3.8) is 0 Å². The molecule has 0 aromatic heterocycles. The van der Waals surface area contributed by atoms with E-state index in [1.165, 1.54) is 11.1 Å². The maximum atomic E-state index is 12.1. The van der Waals surface area contributed by atoms with Gasteiger partial charge in [0.05, 0.1) is 0 Å². The Hall–Kier alpha value is -2.82. The molecule has 0 atom stereocenters. The molecular formula is C20H25N3O2. The molecule has 0 spiro atoms. The lowest BCUT2D eigenvalue weighted by atomic mass is 9.86. The Labute approximate surface area is 148 Å². The second kappa shape index (κ2) is 7.83. The van der Waals surface area contributed by atoms with Crippen LogP contribution in [0.1, 0.15) is 42.3 Å². The molecule has 2 aromatic rings. The van der Waals surface area contributed by atoms with E-state index in [1.54, 1.807) is 24.3 Å². The van der Waals surface area contributed by atoms with Crippen LogP contribution in [0.4, 0.5) is 10.5 Å². The minimum Gasteiger partial charge on any atom is -0.352 e. The second-order valence-electron chi connectivity index (χ2n) is 7.02. The minimum absolute atomic E-state index is 0.141. The van der Waals surface area contributed by atoms with Gasteiger partial charge in [0.15, 0.2) is 0 Å². The van der Waals surface area contributed by atoms with Crippen LogP contribution in [0.15, 0.2) is 48.5 Å². The lowest BCUT2D eigenvalue weighted by Gasteiger charge is -2.19. The van der Waals surface area contributed by atoms with Gasteiger partial charge in [-0.2, -0.15) is 0 Å². The van der Waals surface area contributed by atoms with Crippen LogP contribution < -0.4 is 16.4 Å². The highest BCUT2D eigenvalue weighted by Gasteiger charge is 2.12. The lowest BCUT2D eigenvalue weighted by molar-refractivity contribution is 0.0954. The number of anilines is 1. The maximum Gasteiger partial charge on any atom is 0.316 e. The number of nitrogens with one attached hydrogen (secondary N) is 2. The Bertz CT molecular complexity index is 729. The predicted molar refractivity (Wildman–Crippen MR) is 101 cm³/mol. The van der Waals surface area contributed by atoms with E-state index < -0.39 is 6.03 Å². The van der Waals surface area contributed by atoms with Crippen molar-refractivity contribution in [3.8, 4) is 0 Å². The molecule has 0 aliphatic carbocycles. The lowest BCUT2D eigenvalue weighted by Crippen LogP contribution is -2.25. The minimum atomic E-state index is -0.630. The van der Waals surface area contributed by atoms with E-state index in [2.05, 4.69) is 55.7 Å². The van der Waals surface area contributed by atoms with Crippen molar-refractivity contribution in [2.45, 2.75) is 32.6 Å². The van der Waals surface area contributed by atoms with Gasteiger partial charge in [0.2, 0.25) is 0 Å². The van der Waals surface area contributed by atoms with Gasteiger partial charge in [-0.05, 0) is 47.2 Å². The number of hydrogen-bond donors (Lipinski definition) is 3. The van der Waals surface area contributed by atoms with E-state index in [1.807, 2.05) is 0 Å². The fraction of sp³-hybridized carbons (Fsp3) is 0.300. The Morgan fingerprint density at radius 1 is 0.960 bits per heavy atom. The first-order chi connectivity index (χ1) is 11.8. The summed E-state index contributed by atoms with van der Waals surface area (Å²) in [5, 5.41) is 5.36. The molecule has 2 rings (SSSR count). The zero-order valence-electron chi connectivity index (χ0n) is 14.9. The molecule has 2 aromatic carbocycles. The molecule has 0 aliphatic rings. The number of carbonyl (C=O) groups is 2. The van der Waals surface area contributed by atoms with Crippen molar-refractivity contribution in [3.05, 3.63) is 65.2 Å². The fourth-order valence-electron chi connectivity index (χ4n) is 2.44. The van der Waals surface area contributed by atoms with Crippen molar-refractivity contribution in [1.29, 1.82) is 0 Å². The molecule has 0 radical (unpaired) electrons. The number of nitrogens with two attached hydrogens (primary N) is 1. The summed E-state index contributed by atoms with van der Waals surface area (Å²) in [4.78, 5) is 22.9. The predicted octanol–water partition coefficient (Wildman–Crippen LogP) is 3.45. The summed E-state index contributed by atoms with van der Waals surface area (Å²) in [5.74, 6) is -0.142. The summed E-state index contributed by atoms with van der Waals surface area (Å²) >= 11 is 0. The molecule has 5 nitrogen and oxygen atoms in total. The highest BCUT2D eigenvalue weighted by atomic mass is 16.2. The summed E-state index contributed by atoms with van der Waals surface area (Å²) in [7, 11) is 0. The average Bonchev–Trinajstić information content (AvgIpc) is 2.54. The zero-order chi connectivity index (χ0) is 18.4. The van der Waals surface area contributed by atoms with Crippen LogP contribution in [-0.2, 0) is 11.8 Å². The van der Waals surface area contributed by atoms with Gasteiger partial charge >= 0.3 is 6.03 Å². The van der Waals surface area contributed by atoms with Crippen molar-refractivity contribution < 1.29 is 9.59 Å². The van der Waals surface area contributed by atoms with Gasteiger partial charge in [-0.25, -0.2) is 4.79 Å². The number of hydrogen-bond acceptors (Lipinski definition) is 2. The zero-order valence-corrected chi connectivity index (χ0v) is 14.9. The van der Waals surface area contributed by atoms with Gasteiger partial charge in [0, 0.05) is 17.8 Å². The summed E-state index contributed by atoms with van der Waals surface area (Å²) in [5.41, 5.74) is 8.77. The third-order valence-electron chi connectivity index (χ3n) is 3.93. The monoisotopic (exact) mass is 339 g/mol. The van der Waals surface area contributed by atoms with E-state index in [-0.39, 0.29) is 11.3 Å².